The van der Waals surface area contributed by atoms with Gasteiger partial charge in [-0.3, -0.25) is 9.59 Å². The van der Waals surface area contributed by atoms with Crippen LogP contribution in [0.15, 0.2) is 24.4 Å². The van der Waals surface area contributed by atoms with Gasteiger partial charge in [-0.1, -0.05) is 18.2 Å². The van der Waals surface area contributed by atoms with Crippen LogP contribution in [0.1, 0.15) is 28.8 Å². The van der Waals surface area contributed by atoms with E-state index in [4.69, 9.17) is 5.11 Å². The smallest absolute Gasteiger partial charge is 0.379 e. The van der Waals surface area contributed by atoms with Gasteiger partial charge in [-0.25, -0.2) is 4.79 Å². The molecule has 0 aliphatic carbocycles. The van der Waals surface area contributed by atoms with Crippen LogP contribution in [-0.4, -0.2) is 34.9 Å². The first-order valence-corrected chi connectivity index (χ1v) is 5.92. The highest BCUT2D eigenvalue weighted by molar-refractivity contribution is 6.43. The lowest BCUT2D eigenvalue weighted by Gasteiger charge is -2.08. The molecule has 1 atom stereocenters. The molecule has 6 nitrogen and oxygen atoms in total. The Morgan fingerprint density at radius 2 is 2.00 bits per heavy atom. The Morgan fingerprint density at radius 3 is 2.60 bits per heavy atom. The standard InChI is InChI=1S/C14H13NO5/c1-7(13(17)18)8-4-3-5-9-10(6-15-11(8)9)12(16)14(19)20-2/h3-7,15H,1-2H3,(H,17,18). The molecule has 1 aromatic carbocycles. The second-order valence-corrected chi connectivity index (χ2v) is 4.35. The summed E-state index contributed by atoms with van der Waals surface area (Å²) in [7, 11) is 1.13. The Hall–Kier alpha value is -2.63. The van der Waals surface area contributed by atoms with E-state index in [0.29, 0.717) is 16.5 Å². The number of rotatable bonds is 4. The number of fused-ring (bicyclic) bond motifs is 1. The van der Waals surface area contributed by atoms with Gasteiger partial charge in [0.1, 0.15) is 0 Å². The number of carboxylic acids is 1. The summed E-state index contributed by atoms with van der Waals surface area (Å²) in [4.78, 5) is 37.1. The fourth-order valence-electron chi connectivity index (χ4n) is 2.06. The Balaban J connectivity index is 2.58. The molecule has 0 saturated carbocycles. The molecule has 1 unspecified atom stereocenters. The highest BCUT2D eigenvalue weighted by Gasteiger charge is 2.23. The van der Waals surface area contributed by atoms with Gasteiger partial charge in [0, 0.05) is 11.6 Å². The lowest BCUT2D eigenvalue weighted by atomic mass is 9.97. The molecule has 2 aromatic rings. The average Bonchev–Trinajstić information content (AvgIpc) is 2.88. The number of benzene rings is 1. The van der Waals surface area contributed by atoms with Crippen LogP contribution in [-0.2, 0) is 14.3 Å². The number of aromatic nitrogens is 1. The number of esters is 1. The van der Waals surface area contributed by atoms with Gasteiger partial charge in [0.2, 0.25) is 0 Å². The van der Waals surface area contributed by atoms with Crippen molar-refractivity contribution in [3.8, 4) is 0 Å². The monoisotopic (exact) mass is 275 g/mol. The predicted octanol–water partition coefficient (Wildman–Crippen LogP) is 1.71. The Labute approximate surface area is 114 Å². The summed E-state index contributed by atoms with van der Waals surface area (Å²) in [6, 6.07) is 4.98. The van der Waals surface area contributed by atoms with Gasteiger partial charge < -0.3 is 14.8 Å². The zero-order chi connectivity index (χ0) is 14.9. The number of methoxy groups -OCH3 is 1. The molecule has 6 heteroatoms. The zero-order valence-electron chi connectivity index (χ0n) is 11.0. The maximum absolute atomic E-state index is 11.9. The molecule has 20 heavy (non-hydrogen) atoms. The summed E-state index contributed by atoms with van der Waals surface area (Å²) in [5.41, 5.74) is 1.26. The molecule has 0 bridgehead atoms. The van der Waals surface area contributed by atoms with Crippen LogP contribution in [0.25, 0.3) is 10.9 Å². The number of carbonyl (C=O) groups is 3. The van der Waals surface area contributed by atoms with Crippen LogP contribution in [0, 0.1) is 0 Å². The molecule has 0 fully saturated rings. The van der Waals surface area contributed by atoms with E-state index >= 15 is 0 Å². The lowest BCUT2D eigenvalue weighted by Crippen LogP contribution is -2.15. The summed E-state index contributed by atoms with van der Waals surface area (Å²) >= 11 is 0. The molecular formula is C14H13NO5. The molecular weight excluding hydrogens is 262 g/mol. The van der Waals surface area contributed by atoms with Gasteiger partial charge in [0.05, 0.1) is 24.1 Å². The Morgan fingerprint density at radius 1 is 1.30 bits per heavy atom. The molecule has 0 aliphatic rings. The first-order chi connectivity index (χ1) is 9.47. The van der Waals surface area contributed by atoms with Crippen LogP contribution in [0.5, 0.6) is 0 Å². The third-order valence-corrected chi connectivity index (χ3v) is 3.20. The van der Waals surface area contributed by atoms with E-state index in [9.17, 15) is 14.4 Å². The van der Waals surface area contributed by atoms with Gasteiger partial charge in [-0.05, 0) is 12.5 Å². The number of carboxylic acid groups (broad SMARTS) is 1. The largest absolute Gasteiger partial charge is 0.481 e. The molecule has 1 aromatic heterocycles. The Bertz CT molecular complexity index is 701. The van der Waals surface area contributed by atoms with Gasteiger partial charge in [-0.15, -0.1) is 0 Å². The van der Waals surface area contributed by atoms with Crippen molar-refractivity contribution >= 4 is 28.6 Å². The number of ketones is 1. The topological polar surface area (TPSA) is 96.5 Å². The van der Waals surface area contributed by atoms with E-state index in [0.717, 1.165) is 7.11 Å². The Kier molecular flexibility index (Phi) is 3.56. The first-order valence-electron chi connectivity index (χ1n) is 5.92. The number of para-hydroxylation sites is 1. The summed E-state index contributed by atoms with van der Waals surface area (Å²) in [5.74, 6) is -3.41. The number of hydrogen-bond donors (Lipinski definition) is 2. The molecule has 0 aliphatic heterocycles. The summed E-state index contributed by atoms with van der Waals surface area (Å²) in [6.45, 7) is 1.56. The first kappa shape index (κ1) is 13.8. The second kappa shape index (κ2) is 5.16. The third kappa shape index (κ3) is 2.16. The summed E-state index contributed by atoms with van der Waals surface area (Å²) in [5, 5.41) is 9.59. The highest BCUT2D eigenvalue weighted by Crippen LogP contribution is 2.27. The van der Waals surface area contributed by atoms with Crippen molar-refractivity contribution in [3.05, 3.63) is 35.5 Å². The average molecular weight is 275 g/mol. The minimum absolute atomic E-state index is 0.172. The third-order valence-electron chi connectivity index (χ3n) is 3.20. The van der Waals surface area contributed by atoms with Gasteiger partial charge in [0.15, 0.2) is 0 Å². The van der Waals surface area contributed by atoms with Crippen LogP contribution in [0.4, 0.5) is 0 Å². The maximum Gasteiger partial charge on any atom is 0.379 e. The highest BCUT2D eigenvalue weighted by atomic mass is 16.5. The van der Waals surface area contributed by atoms with Crippen molar-refractivity contribution in [2.24, 2.45) is 0 Å². The van der Waals surface area contributed by atoms with Crippen LogP contribution in [0.2, 0.25) is 0 Å². The number of Topliss-reactive ketones (excluding diaryl/α,β-unsaturated/α-hetero) is 1. The maximum atomic E-state index is 11.9. The quantitative estimate of drug-likeness (QED) is 0.503. The van der Waals surface area contributed by atoms with Crippen molar-refractivity contribution < 1.29 is 24.2 Å². The van der Waals surface area contributed by atoms with Crippen molar-refractivity contribution in [1.29, 1.82) is 0 Å². The molecule has 0 spiro atoms. The minimum Gasteiger partial charge on any atom is -0.481 e. The van der Waals surface area contributed by atoms with Crippen molar-refractivity contribution in [2.45, 2.75) is 12.8 Å². The fraction of sp³-hybridized carbons (Fsp3) is 0.214. The van der Waals surface area contributed by atoms with Crippen LogP contribution in [0.3, 0.4) is 0 Å². The van der Waals surface area contributed by atoms with Crippen molar-refractivity contribution in [2.75, 3.05) is 7.11 Å². The number of aliphatic carboxylic acids is 1. The predicted molar refractivity (Wildman–Crippen MR) is 70.7 cm³/mol. The number of ether oxygens (including phenoxy) is 1. The van der Waals surface area contributed by atoms with Crippen molar-refractivity contribution in [3.63, 3.8) is 0 Å². The molecule has 0 saturated heterocycles. The van der Waals surface area contributed by atoms with Crippen LogP contribution < -0.4 is 0 Å². The summed E-state index contributed by atoms with van der Waals surface area (Å²) in [6.07, 6.45) is 1.39. The number of aromatic amines is 1. The molecule has 104 valence electrons. The minimum atomic E-state index is -0.965. The normalized spacial score (nSPS) is 12.1. The van der Waals surface area contributed by atoms with Crippen LogP contribution >= 0.6 is 0 Å². The lowest BCUT2D eigenvalue weighted by molar-refractivity contribution is -0.138. The van der Waals surface area contributed by atoms with Gasteiger partial charge >= 0.3 is 11.9 Å². The molecule has 2 N–H and O–H groups in total. The van der Waals surface area contributed by atoms with Gasteiger partial charge in [-0.2, -0.15) is 0 Å². The SMILES string of the molecule is COC(=O)C(=O)c1c[nH]c2c(C(C)C(=O)O)cccc12. The number of nitrogens with one attached hydrogen (secondary N) is 1. The van der Waals surface area contributed by atoms with Gasteiger partial charge in [0.25, 0.3) is 5.78 Å². The zero-order valence-corrected chi connectivity index (χ0v) is 11.0. The van der Waals surface area contributed by atoms with Crippen molar-refractivity contribution in [1.82, 2.24) is 4.98 Å². The molecule has 0 amide bonds. The molecule has 1 heterocycles. The summed E-state index contributed by atoms with van der Waals surface area (Å²) < 4.78 is 4.40. The number of hydrogen-bond acceptors (Lipinski definition) is 4. The van der Waals surface area contributed by atoms with E-state index in [1.807, 2.05) is 0 Å². The second-order valence-electron chi connectivity index (χ2n) is 4.35. The molecule has 0 radical (unpaired) electrons. The van der Waals surface area contributed by atoms with E-state index in [2.05, 4.69) is 9.72 Å². The van der Waals surface area contributed by atoms with E-state index in [1.54, 1.807) is 25.1 Å². The van der Waals surface area contributed by atoms with E-state index in [1.165, 1.54) is 6.20 Å². The molecule has 2 rings (SSSR count). The van der Waals surface area contributed by atoms with E-state index in [-0.39, 0.29) is 5.56 Å². The fourth-order valence-corrected chi connectivity index (χ4v) is 2.06. The number of H-pyrrole nitrogens is 1. The number of carbonyl (C=O) groups excluding carboxylic acids is 2. The van der Waals surface area contributed by atoms with E-state index < -0.39 is 23.6 Å².